The number of hydrogen-bond donors (Lipinski definition) is 0. The Labute approximate surface area is 166 Å². The van der Waals surface area contributed by atoms with Gasteiger partial charge < -0.3 is 9.30 Å². The van der Waals surface area contributed by atoms with Gasteiger partial charge in [0.25, 0.3) is 5.56 Å². The van der Waals surface area contributed by atoms with Crippen molar-refractivity contribution < 1.29 is 13.9 Å². The highest BCUT2D eigenvalue weighted by Crippen LogP contribution is 2.42. The van der Waals surface area contributed by atoms with Crippen LogP contribution in [0.3, 0.4) is 0 Å². The minimum Gasteiger partial charge on any atom is -0.460 e. The van der Waals surface area contributed by atoms with E-state index < -0.39 is 5.92 Å². The van der Waals surface area contributed by atoms with Crippen molar-refractivity contribution in [2.45, 2.75) is 52.2 Å². The number of carbonyl (C=O) groups is 1. The van der Waals surface area contributed by atoms with Crippen LogP contribution in [0.5, 0.6) is 0 Å². The van der Waals surface area contributed by atoms with E-state index in [0.717, 1.165) is 52.7 Å². The third-order valence-electron chi connectivity index (χ3n) is 6.84. The molecule has 29 heavy (non-hydrogen) atoms. The Morgan fingerprint density at radius 3 is 2.76 bits per heavy atom. The van der Waals surface area contributed by atoms with Crippen LogP contribution in [0.15, 0.2) is 16.9 Å². The van der Waals surface area contributed by atoms with E-state index in [1.165, 1.54) is 11.6 Å². The lowest BCUT2D eigenvalue weighted by atomic mass is 9.85. The Balaban J connectivity index is 1.68. The summed E-state index contributed by atoms with van der Waals surface area (Å²) in [6.45, 7) is 4.07. The zero-order chi connectivity index (χ0) is 20.0. The summed E-state index contributed by atoms with van der Waals surface area (Å²) in [5.41, 5.74) is 7.27. The van der Waals surface area contributed by atoms with E-state index in [1.807, 2.05) is 13.0 Å². The SMILES string of the molecule is Cc1c(F)cc2nc3c(c4c2c1CCC4)Cn1c-3cc2c(c1=O)COC(=O)[C@H]2C. The van der Waals surface area contributed by atoms with Gasteiger partial charge in [0.2, 0.25) is 0 Å². The molecule has 3 aromatic rings. The van der Waals surface area contributed by atoms with Crippen molar-refractivity contribution in [2.24, 2.45) is 0 Å². The first-order chi connectivity index (χ1) is 14.0. The lowest BCUT2D eigenvalue weighted by Gasteiger charge is -2.22. The molecule has 6 rings (SSSR count). The highest BCUT2D eigenvalue weighted by Gasteiger charge is 2.34. The Hall–Kier alpha value is -3.02. The average Bonchev–Trinajstić information content (AvgIpc) is 3.08. The monoisotopic (exact) mass is 390 g/mol. The van der Waals surface area contributed by atoms with E-state index in [9.17, 15) is 14.0 Å². The number of carbonyl (C=O) groups excluding carboxylic acids is 1. The molecule has 4 heterocycles. The highest BCUT2D eigenvalue weighted by molar-refractivity contribution is 5.92. The number of pyridine rings is 2. The first kappa shape index (κ1) is 16.9. The summed E-state index contributed by atoms with van der Waals surface area (Å²) >= 11 is 0. The molecule has 2 aromatic heterocycles. The summed E-state index contributed by atoms with van der Waals surface area (Å²) in [7, 11) is 0. The third kappa shape index (κ3) is 2.06. The van der Waals surface area contributed by atoms with Crippen LogP contribution in [0.4, 0.5) is 4.39 Å². The molecular weight excluding hydrogens is 371 g/mol. The van der Waals surface area contributed by atoms with E-state index in [0.29, 0.717) is 23.2 Å². The van der Waals surface area contributed by atoms with Crippen molar-refractivity contribution in [1.29, 1.82) is 0 Å². The highest BCUT2D eigenvalue weighted by atomic mass is 19.1. The molecule has 0 spiro atoms. The smallest absolute Gasteiger partial charge is 0.313 e. The first-order valence-corrected chi connectivity index (χ1v) is 10.0. The van der Waals surface area contributed by atoms with Gasteiger partial charge in [0.1, 0.15) is 12.4 Å². The molecule has 1 atom stereocenters. The van der Waals surface area contributed by atoms with Gasteiger partial charge in [-0.05, 0) is 61.4 Å². The van der Waals surface area contributed by atoms with Crippen molar-refractivity contribution in [3.63, 3.8) is 0 Å². The normalized spacial score (nSPS) is 19.0. The molecular formula is C23H19FN2O3. The molecule has 1 aromatic carbocycles. The van der Waals surface area contributed by atoms with Crippen LogP contribution in [-0.4, -0.2) is 15.5 Å². The van der Waals surface area contributed by atoms with E-state index in [-0.39, 0.29) is 24.0 Å². The van der Waals surface area contributed by atoms with Gasteiger partial charge in [0, 0.05) is 17.0 Å². The molecule has 0 fully saturated rings. The standard InChI is InChI=1S/C23H19FN2O3/c1-10-12-4-3-5-13-15-8-26-19(21(15)25-18(20(12)13)7-17(10)24)6-14-11(2)23(28)29-9-16(14)22(26)27/h6-7,11H,3-5,8-9H2,1-2H3/t11-/m0/s1. The molecule has 0 amide bonds. The van der Waals surface area contributed by atoms with Crippen LogP contribution in [0.1, 0.15) is 52.6 Å². The molecule has 6 heteroatoms. The van der Waals surface area contributed by atoms with Crippen molar-refractivity contribution in [1.82, 2.24) is 9.55 Å². The number of rotatable bonds is 0. The number of benzene rings is 1. The Kier molecular flexibility index (Phi) is 3.22. The fourth-order valence-electron chi connectivity index (χ4n) is 5.25. The summed E-state index contributed by atoms with van der Waals surface area (Å²) in [5, 5.41) is 1.06. The van der Waals surface area contributed by atoms with Crippen molar-refractivity contribution in [2.75, 3.05) is 0 Å². The number of fused-ring (bicyclic) bond motifs is 5. The van der Waals surface area contributed by atoms with Crippen LogP contribution in [0, 0.1) is 12.7 Å². The molecule has 0 N–H and O–H groups in total. The maximum absolute atomic E-state index is 14.5. The number of nitrogens with zero attached hydrogens (tertiary/aromatic N) is 2. The molecule has 0 bridgehead atoms. The fourth-order valence-corrected chi connectivity index (χ4v) is 5.25. The Morgan fingerprint density at radius 2 is 1.93 bits per heavy atom. The quantitative estimate of drug-likeness (QED) is 0.431. The van der Waals surface area contributed by atoms with Crippen LogP contribution >= 0.6 is 0 Å². The van der Waals surface area contributed by atoms with E-state index in [2.05, 4.69) is 0 Å². The number of ether oxygens (including phenoxy) is 1. The Morgan fingerprint density at radius 1 is 1.14 bits per heavy atom. The lowest BCUT2D eigenvalue weighted by Crippen LogP contribution is -2.31. The predicted octanol–water partition coefficient (Wildman–Crippen LogP) is 3.52. The maximum atomic E-state index is 14.5. The number of aromatic nitrogens is 2. The first-order valence-electron chi connectivity index (χ1n) is 10.0. The van der Waals surface area contributed by atoms with Gasteiger partial charge in [-0.3, -0.25) is 9.59 Å². The zero-order valence-electron chi connectivity index (χ0n) is 16.3. The molecule has 0 saturated heterocycles. The lowest BCUT2D eigenvalue weighted by molar-refractivity contribution is -0.147. The summed E-state index contributed by atoms with van der Waals surface area (Å²) in [4.78, 5) is 30.0. The van der Waals surface area contributed by atoms with Crippen LogP contribution in [0.25, 0.3) is 22.3 Å². The third-order valence-corrected chi connectivity index (χ3v) is 6.84. The number of halogens is 1. The number of hydrogen-bond acceptors (Lipinski definition) is 4. The van der Waals surface area contributed by atoms with E-state index in [1.54, 1.807) is 11.5 Å². The van der Waals surface area contributed by atoms with E-state index >= 15 is 0 Å². The van der Waals surface area contributed by atoms with Crippen molar-refractivity contribution in [3.05, 3.63) is 61.7 Å². The summed E-state index contributed by atoms with van der Waals surface area (Å²) in [6.07, 6.45) is 2.72. The second-order valence-corrected chi connectivity index (χ2v) is 8.31. The van der Waals surface area contributed by atoms with Gasteiger partial charge in [-0.1, -0.05) is 0 Å². The van der Waals surface area contributed by atoms with Gasteiger partial charge >= 0.3 is 5.97 Å². The predicted molar refractivity (Wildman–Crippen MR) is 105 cm³/mol. The summed E-state index contributed by atoms with van der Waals surface area (Å²) in [5.74, 6) is -1.03. The van der Waals surface area contributed by atoms with Gasteiger partial charge in [-0.25, -0.2) is 9.37 Å². The molecule has 1 aliphatic carbocycles. The average molecular weight is 390 g/mol. The molecule has 0 saturated carbocycles. The molecule has 0 radical (unpaired) electrons. The van der Waals surface area contributed by atoms with Gasteiger partial charge in [0.15, 0.2) is 0 Å². The van der Waals surface area contributed by atoms with Gasteiger partial charge in [0.05, 0.1) is 34.9 Å². The zero-order valence-corrected chi connectivity index (χ0v) is 16.3. The largest absolute Gasteiger partial charge is 0.460 e. The van der Waals surface area contributed by atoms with Crippen LogP contribution in [0.2, 0.25) is 0 Å². The molecule has 5 nitrogen and oxygen atoms in total. The molecule has 0 unspecified atom stereocenters. The minimum absolute atomic E-state index is 0.0186. The number of cyclic esters (lactones) is 1. The summed E-state index contributed by atoms with van der Waals surface area (Å²) in [6, 6.07) is 3.43. The minimum atomic E-state index is -0.480. The van der Waals surface area contributed by atoms with Gasteiger partial charge in [-0.15, -0.1) is 0 Å². The topological polar surface area (TPSA) is 61.2 Å². The summed E-state index contributed by atoms with van der Waals surface area (Å²) < 4.78 is 21.5. The second kappa shape index (κ2) is 5.53. The Bertz CT molecular complexity index is 1340. The van der Waals surface area contributed by atoms with Crippen molar-refractivity contribution in [3.8, 4) is 11.4 Å². The molecule has 3 aliphatic rings. The maximum Gasteiger partial charge on any atom is 0.313 e. The van der Waals surface area contributed by atoms with Crippen LogP contribution in [-0.2, 0) is 35.5 Å². The number of esters is 1. The van der Waals surface area contributed by atoms with Gasteiger partial charge in [-0.2, -0.15) is 0 Å². The second-order valence-electron chi connectivity index (χ2n) is 8.31. The fraction of sp³-hybridized carbons (Fsp3) is 0.348. The van der Waals surface area contributed by atoms with E-state index in [4.69, 9.17) is 9.72 Å². The molecule has 146 valence electrons. The molecule has 2 aliphatic heterocycles. The number of aryl methyl sites for hydroxylation is 2. The van der Waals surface area contributed by atoms with Crippen molar-refractivity contribution >= 4 is 16.9 Å². The van der Waals surface area contributed by atoms with Crippen LogP contribution < -0.4 is 5.56 Å².